The summed E-state index contributed by atoms with van der Waals surface area (Å²) in [6.07, 6.45) is 3.28. The van der Waals surface area contributed by atoms with Gasteiger partial charge in [0.25, 0.3) is 0 Å². The molecule has 3 rings (SSSR count). The fourth-order valence-electron chi connectivity index (χ4n) is 2.97. The highest BCUT2D eigenvalue weighted by Crippen LogP contribution is 2.41. The molecule has 5 nitrogen and oxygen atoms in total. The summed E-state index contributed by atoms with van der Waals surface area (Å²) in [6.45, 7) is 2.65. The van der Waals surface area contributed by atoms with Crippen LogP contribution in [0.25, 0.3) is 0 Å². The molecular weight excluding hydrogens is 338 g/mol. The van der Waals surface area contributed by atoms with E-state index in [1.165, 1.54) is 6.42 Å². The van der Waals surface area contributed by atoms with Gasteiger partial charge in [0, 0.05) is 0 Å². The Bertz CT molecular complexity index is 543. The summed E-state index contributed by atoms with van der Waals surface area (Å²) >= 11 is 3.46. The number of piperidine rings is 1. The van der Waals surface area contributed by atoms with Crippen molar-refractivity contribution in [2.75, 3.05) is 26.3 Å². The van der Waals surface area contributed by atoms with Gasteiger partial charge in [-0.05, 0) is 59.6 Å². The molecule has 2 aliphatic heterocycles. The van der Waals surface area contributed by atoms with Gasteiger partial charge in [0.1, 0.15) is 19.3 Å². The maximum absolute atomic E-state index is 11.7. The molecule has 0 bridgehead atoms. The number of halogens is 1. The lowest BCUT2D eigenvalue weighted by molar-refractivity contribution is -0.144. The van der Waals surface area contributed by atoms with Crippen molar-refractivity contribution < 1.29 is 19.4 Å². The molecule has 1 aromatic carbocycles. The standard InChI is InChI=1S/C15H18BrNO4/c16-11-8-10(9-12-14(11)21-7-6-20-12)13(15(18)19)17-4-2-1-3-5-17/h8-9,13H,1-7H2,(H,18,19). The summed E-state index contributed by atoms with van der Waals surface area (Å²) in [4.78, 5) is 13.8. The van der Waals surface area contributed by atoms with Crippen LogP contribution in [0.1, 0.15) is 30.9 Å². The lowest BCUT2D eigenvalue weighted by Crippen LogP contribution is -2.38. The Kier molecular flexibility index (Phi) is 4.35. The van der Waals surface area contributed by atoms with Crippen LogP contribution in [0.15, 0.2) is 16.6 Å². The number of nitrogens with zero attached hydrogens (tertiary/aromatic N) is 1. The van der Waals surface area contributed by atoms with Crippen molar-refractivity contribution in [3.8, 4) is 11.5 Å². The van der Waals surface area contributed by atoms with E-state index < -0.39 is 12.0 Å². The summed E-state index contributed by atoms with van der Waals surface area (Å²) < 4.78 is 11.9. The Morgan fingerprint density at radius 3 is 2.62 bits per heavy atom. The first-order chi connectivity index (χ1) is 10.2. The number of carboxylic acid groups (broad SMARTS) is 1. The summed E-state index contributed by atoms with van der Waals surface area (Å²) in [5.74, 6) is 0.460. The van der Waals surface area contributed by atoms with E-state index >= 15 is 0 Å². The minimum absolute atomic E-state index is 0.490. The zero-order valence-electron chi connectivity index (χ0n) is 11.7. The fourth-order valence-corrected chi connectivity index (χ4v) is 3.55. The van der Waals surface area contributed by atoms with Crippen molar-refractivity contribution in [3.63, 3.8) is 0 Å². The van der Waals surface area contributed by atoms with E-state index in [1.807, 2.05) is 11.0 Å². The van der Waals surface area contributed by atoms with Crippen LogP contribution in [0.5, 0.6) is 11.5 Å². The van der Waals surface area contributed by atoms with E-state index in [0.29, 0.717) is 24.7 Å². The van der Waals surface area contributed by atoms with Crippen molar-refractivity contribution >= 4 is 21.9 Å². The lowest BCUT2D eigenvalue weighted by Gasteiger charge is -2.32. The van der Waals surface area contributed by atoms with Gasteiger partial charge in [-0.2, -0.15) is 0 Å². The molecule has 21 heavy (non-hydrogen) atoms. The SMILES string of the molecule is O=C(O)C(c1cc(Br)c2c(c1)OCCO2)N1CCCCC1. The van der Waals surface area contributed by atoms with Crippen LogP contribution >= 0.6 is 15.9 Å². The van der Waals surface area contributed by atoms with Gasteiger partial charge in [0.15, 0.2) is 11.5 Å². The smallest absolute Gasteiger partial charge is 0.325 e. The topological polar surface area (TPSA) is 59.0 Å². The molecule has 6 heteroatoms. The number of likely N-dealkylation sites (tertiary alicyclic amines) is 1. The zero-order valence-corrected chi connectivity index (χ0v) is 13.3. The Labute approximate surface area is 132 Å². The highest BCUT2D eigenvalue weighted by Gasteiger charge is 2.30. The minimum Gasteiger partial charge on any atom is -0.486 e. The molecule has 2 aliphatic rings. The van der Waals surface area contributed by atoms with Crippen LogP contribution in [-0.4, -0.2) is 42.3 Å². The molecule has 2 heterocycles. The fraction of sp³-hybridized carbons (Fsp3) is 0.533. The largest absolute Gasteiger partial charge is 0.486 e. The van der Waals surface area contributed by atoms with E-state index in [9.17, 15) is 9.90 Å². The maximum atomic E-state index is 11.7. The molecule has 0 spiro atoms. The third kappa shape index (κ3) is 3.01. The van der Waals surface area contributed by atoms with Crippen molar-refractivity contribution in [2.45, 2.75) is 25.3 Å². The molecule has 0 amide bonds. The average molecular weight is 356 g/mol. The first-order valence-electron chi connectivity index (χ1n) is 7.23. The first kappa shape index (κ1) is 14.7. The summed E-state index contributed by atoms with van der Waals surface area (Å²) in [6, 6.07) is 3.01. The Morgan fingerprint density at radius 2 is 1.90 bits per heavy atom. The molecule has 0 aliphatic carbocycles. The molecule has 0 radical (unpaired) electrons. The summed E-state index contributed by atoms with van der Waals surface area (Å²) in [5.41, 5.74) is 0.737. The number of aliphatic carboxylic acids is 1. The van der Waals surface area contributed by atoms with E-state index in [0.717, 1.165) is 36.0 Å². The highest BCUT2D eigenvalue weighted by molar-refractivity contribution is 9.10. The van der Waals surface area contributed by atoms with Crippen molar-refractivity contribution in [1.29, 1.82) is 0 Å². The van der Waals surface area contributed by atoms with Crippen LogP contribution in [0.3, 0.4) is 0 Å². The Hall–Kier alpha value is -1.27. The van der Waals surface area contributed by atoms with Crippen molar-refractivity contribution in [1.82, 2.24) is 4.90 Å². The van der Waals surface area contributed by atoms with Crippen LogP contribution in [-0.2, 0) is 4.79 Å². The van der Waals surface area contributed by atoms with Gasteiger partial charge in [0.2, 0.25) is 0 Å². The predicted molar refractivity (Wildman–Crippen MR) is 80.9 cm³/mol. The number of hydrogen-bond acceptors (Lipinski definition) is 4. The summed E-state index contributed by atoms with van der Waals surface area (Å²) in [7, 11) is 0. The van der Waals surface area contributed by atoms with Gasteiger partial charge in [-0.1, -0.05) is 6.42 Å². The van der Waals surface area contributed by atoms with Crippen LogP contribution in [0.4, 0.5) is 0 Å². The van der Waals surface area contributed by atoms with Gasteiger partial charge >= 0.3 is 5.97 Å². The molecular formula is C15H18BrNO4. The highest BCUT2D eigenvalue weighted by atomic mass is 79.9. The van der Waals surface area contributed by atoms with Gasteiger partial charge in [-0.25, -0.2) is 0 Å². The molecule has 1 aromatic rings. The second-order valence-electron chi connectivity index (χ2n) is 5.36. The van der Waals surface area contributed by atoms with Crippen molar-refractivity contribution in [2.24, 2.45) is 0 Å². The average Bonchev–Trinajstić information content (AvgIpc) is 2.48. The number of hydrogen-bond donors (Lipinski definition) is 1. The summed E-state index contributed by atoms with van der Waals surface area (Å²) in [5, 5.41) is 9.64. The molecule has 1 fully saturated rings. The molecule has 1 saturated heterocycles. The van der Waals surface area contributed by atoms with Gasteiger partial charge < -0.3 is 14.6 Å². The van der Waals surface area contributed by atoms with Gasteiger partial charge in [-0.15, -0.1) is 0 Å². The second-order valence-corrected chi connectivity index (χ2v) is 6.22. The maximum Gasteiger partial charge on any atom is 0.325 e. The predicted octanol–water partition coefficient (Wildman–Crippen LogP) is 2.83. The lowest BCUT2D eigenvalue weighted by atomic mass is 10.0. The number of carboxylic acids is 1. The number of rotatable bonds is 3. The van der Waals surface area contributed by atoms with Gasteiger partial charge in [0.05, 0.1) is 4.47 Å². The van der Waals surface area contributed by atoms with E-state index in [-0.39, 0.29) is 0 Å². The van der Waals surface area contributed by atoms with E-state index in [4.69, 9.17) is 9.47 Å². The Morgan fingerprint density at radius 1 is 1.19 bits per heavy atom. The number of benzene rings is 1. The minimum atomic E-state index is -0.819. The van der Waals surface area contributed by atoms with Crippen molar-refractivity contribution in [3.05, 3.63) is 22.2 Å². The van der Waals surface area contributed by atoms with Crippen LogP contribution < -0.4 is 9.47 Å². The van der Waals surface area contributed by atoms with Crippen LogP contribution in [0, 0.1) is 0 Å². The zero-order chi connectivity index (χ0) is 14.8. The molecule has 0 aromatic heterocycles. The molecule has 1 N–H and O–H groups in total. The number of ether oxygens (including phenoxy) is 2. The van der Waals surface area contributed by atoms with Gasteiger partial charge in [-0.3, -0.25) is 9.69 Å². The first-order valence-corrected chi connectivity index (χ1v) is 8.02. The normalized spacial score (nSPS) is 20.0. The molecule has 114 valence electrons. The monoisotopic (exact) mass is 355 g/mol. The Balaban J connectivity index is 1.95. The third-order valence-electron chi connectivity index (χ3n) is 3.92. The third-order valence-corrected chi connectivity index (χ3v) is 4.51. The van der Waals surface area contributed by atoms with E-state index in [1.54, 1.807) is 6.07 Å². The number of carbonyl (C=O) groups is 1. The number of fused-ring (bicyclic) bond motifs is 1. The quantitative estimate of drug-likeness (QED) is 0.903. The molecule has 0 saturated carbocycles. The van der Waals surface area contributed by atoms with E-state index in [2.05, 4.69) is 15.9 Å². The second kappa shape index (κ2) is 6.23. The molecule has 1 unspecified atom stereocenters. The molecule has 1 atom stereocenters. The van der Waals surface area contributed by atoms with Crippen LogP contribution in [0.2, 0.25) is 0 Å².